The highest BCUT2D eigenvalue weighted by Crippen LogP contribution is 2.36. The van der Waals surface area contributed by atoms with Crippen LogP contribution in [0.4, 0.5) is 9.39 Å². The van der Waals surface area contributed by atoms with Crippen molar-refractivity contribution in [2.24, 2.45) is 7.05 Å². The molecular weight excluding hydrogens is 515 g/mol. The van der Waals surface area contributed by atoms with Crippen LogP contribution in [-0.2, 0) is 16.6 Å². The van der Waals surface area contributed by atoms with Crippen molar-refractivity contribution < 1.29 is 23.5 Å². The third-order valence-corrected chi connectivity index (χ3v) is 7.40. The molecule has 0 radical (unpaired) electrons. The number of hydrogen-bond donors (Lipinski definition) is 1. The van der Waals surface area contributed by atoms with E-state index in [1.54, 1.807) is 23.7 Å². The quantitative estimate of drug-likeness (QED) is 0.217. The van der Waals surface area contributed by atoms with Gasteiger partial charge in [-0.2, -0.15) is 0 Å². The average Bonchev–Trinajstić information content (AvgIpc) is 3.47. The molecule has 4 aromatic rings. The van der Waals surface area contributed by atoms with Gasteiger partial charge in [-0.1, -0.05) is 41.6 Å². The number of thioether (sulfide) groups is 1. The predicted octanol–water partition coefficient (Wildman–Crippen LogP) is 5.65. The van der Waals surface area contributed by atoms with Crippen LogP contribution in [-0.4, -0.2) is 39.5 Å². The van der Waals surface area contributed by atoms with Gasteiger partial charge in [-0.3, -0.25) is 4.79 Å². The largest absolute Gasteiger partial charge is 0.483 e. The monoisotopic (exact) mass is 540 g/mol. The molecule has 0 aliphatic heterocycles. The standard InChI is InChI=1S/C26H25FN4O4S2/c1-15-5-7-17(8-6-15)20-13-36-24(22(20)25(33)34-4)28-21(32)14-37-26-30-29-23(31(26)3)16(2)35-19-11-9-18(27)10-12-19/h5-13,16H,14H2,1-4H3,(H,28,32). The number of benzene rings is 2. The van der Waals surface area contributed by atoms with Gasteiger partial charge in [-0.05, 0) is 43.7 Å². The van der Waals surface area contributed by atoms with Crippen molar-refractivity contribution in [2.45, 2.75) is 25.1 Å². The topological polar surface area (TPSA) is 95.3 Å². The second kappa shape index (κ2) is 11.6. The van der Waals surface area contributed by atoms with Crippen LogP contribution in [0.15, 0.2) is 59.1 Å². The summed E-state index contributed by atoms with van der Waals surface area (Å²) < 4.78 is 25.7. The number of anilines is 1. The van der Waals surface area contributed by atoms with E-state index in [-0.39, 0.29) is 17.5 Å². The summed E-state index contributed by atoms with van der Waals surface area (Å²) in [6, 6.07) is 13.5. The molecule has 4 rings (SSSR count). The number of thiophene rings is 1. The minimum atomic E-state index is -0.520. The van der Waals surface area contributed by atoms with Gasteiger partial charge in [0.15, 0.2) is 17.1 Å². The number of rotatable bonds is 9. The number of carbonyl (C=O) groups excluding carboxylic acids is 2. The Morgan fingerprint density at radius 1 is 1.14 bits per heavy atom. The van der Waals surface area contributed by atoms with Crippen LogP contribution in [0, 0.1) is 12.7 Å². The van der Waals surface area contributed by atoms with Crippen LogP contribution in [0.3, 0.4) is 0 Å². The summed E-state index contributed by atoms with van der Waals surface area (Å²) in [4.78, 5) is 25.3. The van der Waals surface area contributed by atoms with Gasteiger partial charge in [0, 0.05) is 18.0 Å². The van der Waals surface area contributed by atoms with Crippen molar-refractivity contribution in [3.05, 3.63) is 76.7 Å². The molecule has 2 aromatic heterocycles. The number of esters is 1. The first kappa shape index (κ1) is 26.4. The first-order valence-electron chi connectivity index (χ1n) is 11.3. The highest BCUT2D eigenvalue weighted by molar-refractivity contribution is 7.99. The number of halogens is 1. The van der Waals surface area contributed by atoms with Crippen LogP contribution < -0.4 is 10.1 Å². The third kappa shape index (κ3) is 6.17. The van der Waals surface area contributed by atoms with E-state index < -0.39 is 12.1 Å². The van der Waals surface area contributed by atoms with Crippen molar-refractivity contribution in [3.8, 4) is 16.9 Å². The maximum absolute atomic E-state index is 13.1. The lowest BCUT2D eigenvalue weighted by Gasteiger charge is -2.14. The number of aromatic nitrogens is 3. The SMILES string of the molecule is COC(=O)c1c(-c2ccc(C)cc2)csc1NC(=O)CSc1nnc(C(C)Oc2ccc(F)cc2)n1C. The van der Waals surface area contributed by atoms with E-state index in [1.165, 1.54) is 42.3 Å². The Morgan fingerprint density at radius 3 is 2.51 bits per heavy atom. The minimum Gasteiger partial charge on any atom is -0.483 e. The molecule has 2 aromatic carbocycles. The van der Waals surface area contributed by atoms with Crippen LogP contribution in [0.2, 0.25) is 0 Å². The predicted molar refractivity (Wildman–Crippen MR) is 142 cm³/mol. The van der Waals surface area contributed by atoms with E-state index >= 15 is 0 Å². The number of hydrogen-bond acceptors (Lipinski definition) is 8. The van der Waals surface area contributed by atoms with Crippen molar-refractivity contribution >= 4 is 40.0 Å². The first-order chi connectivity index (χ1) is 17.8. The Kier molecular flexibility index (Phi) is 8.24. The normalized spacial score (nSPS) is 11.7. The van der Waals surface area contributed by atoms with Crippen molar-refractivity contribution in [3.63, 3.8) is 0 Å². The zero-order valence-corrected chi connectivity index (χ0v) is 22.3. The molecule has 37 heavy (non-hydrogen) atoms. The molecule has 1 unspecified atom stereocenters. The number of nitrogens with zero attached hydrogens (tertiary/aromatic N) is 3. The van der Waals surface area contributed by atoms with E-state index in [9.17, 15) is 14.0 Å². The van der Waals surface area contributed by atoms with E-state index in [0.29, 0.717) is 32.9 Å². The zero-order valence-electron chi connectivity index (χ0n) is 20.6. The fourth-order valence-corrected chi connectivity index (χ4v) is 5.26. The van der Waals surface area contributed by atoms with Crippen LogP contribution in [0.25, 0.3) is 11.1 Å². The lowest BCUT2D eigenvalue weighted by atomic mass is 10.0. The van der Waals surface area contributed by atoms with Gasteiger partial charge >= 0.3 is 5.97 Å². The van der Waals surface area contributed by atoms with Gasteiger partial charge in [-0.25, -0.2) is 9.18 Å². The number of methoxy groups -OCH3 is 1. The second-order valence-corrected chi connectivity index (χ2v) is 9.98. The second-order valence-electron chi connectivity index (χ2n) is 8.16. The van der Waals surface area contributed by atoms with Crippen LogP contribution in [0.5, 0.6) is 5.75 Å². The highest BCUT2D eigenvalue weighted by Gasteiger charge is 2.23. The highest BCUT2D eigenvalue weighted by atomic mass is 32.2. The molecule has 0 saturated carbocycles. The van der Waals surface area contributed by atoms with E-state index in [1.807, 2.05) is 43.5 Å². The molecule has 8 nitrogen and oxygen atoms in total. The summed E-state index contributed by atoms with van der Waals surface area (Å²) in [6.45, 7) is 3.80. The van der Waals surface area contributed by atoms with Crippen molar-refractivity contribution in [1.29, 1.82) is 0 Å². The lowest BCUT2D eigenvalue weighted by Crippen LogP contribution is -2.16. The number of aryl methyl sites for hydroxylation is 1. The van der Waals surface area contributed by atoms with Crippen molar-refractivity contribution in [2.75, 3.05) is 18.2 Å². The number of amides is 1. The molecule has 1 N–H and O–H groups in total. The Hall–Kier alpha value is -3.70. The fraction of sp³-hybridized carbons (Fsp3) is 0.231. The molecule has 1 amide bonds. The van der Waals surface area contributed by atoms with Gasteiger partial charge in [-0.15, -0.1) is 21.5 Å². The number of nitrogens with one attached hydrogen (secondary N) is 1. The van der Waals surface area contributed by atoms with E-state index in [4.69, 9.17) is 9.47 Å². The van der Waals surface area contributed by atoms with Crippen LogP contribution >= 0.6 is 23.1 Å². The molecule has 11 heteroatoms. The van der Waals surface area contributed by atoms with Gasteiger partial charge in [0.2, 0.25) is 5.91 Å². The Bertz CT molecular complexity index is 1400. The summed E-state index contributed by atoms with van der Waals surface area (Å²) in [5.41, 5.74) is 2.99. The maximum Gasteiger partial charge on any atom is 0.341 e. The van der Waals surface area contributed by atoms with Crippen LogP contribution in [0.1, 0.15) is 34.8 Å². The minimum absolute atomic E-state index is 0.0531. The number of ether oxygens (including phenoxy) is 2. The van der Waals surface area contributed by atoms with Gasteiger partial charge in [0.05, 0.1) is 12.9 Å². The molecular formula is C26H25FN4O4S2. The Balaban J connectivity index is 1.42. The lowest BCUT2D eigenvalue weighted by molar-refractivity contribution is -0.113. The maximum atomic E-state index is 13.1. The Labute approximate surface area is 221 Å². The summed E-state index contributed by atoms with van der Waals surface area (Å²) >= 11 is 2.47. The molecule has 0 bridgehead atoms. The molecule has 2 heterocycles. The molecule has 0 saturated heterocycles. The summed E-state index contributed by atoms with van der Waals surface area (Å²) in [5.74, 6) is -0.0461. The number of carbonyl (C=O) groups is 2. The molecule has 0 fully saturated rings. The Morgan fingerprint density at radius 2 is 1.84 bits per heavy atom. The summed E-state index contributed by atoms with van der Waals surface area (Å²) in [6.07, 6.45) is -0.444. The first-order valence-corrected chi connectivity index (χ1v) is 13.1. The van der Waals surface area contributed by atoms with Gasteiger partial charge in [0.25, 0.3) is 0 Å². The van der Waals surface area contributed by atoms with E-state index in [0.717, 1.165) is 11.1 Å². The summed E-state index contributed by atoms with van der Waals surface area (Å²) in [7, 11) is 3.09. The molecule has 0 spiro atoms. The van der Waals surface area contributed by atoms with Gasteiger partial charge in [0.1, 0.15) is 22.1 Å². The zero-order chi connectivity index (χ0) is 26.5. The summed E-state index contributed by atoms with van der Waals surface area (Å²) in [5, 5.41) is 14.0. The smallest absolute Gasteiger partial charge is 0.341 e. The molecule has 1 atom stereocenters. The third-order valence-electron chi connectivity index (χ3n) is 5.49. The molecule has 0 aliphatic rings. The molecule has 192 valence electrons. The fourth-order valence-electron chi connectivity index (χ4n) is 3.57. The average molecular weight is 541 g/mol. The van der Waals surface area contributed by atoms with Gasteiger partial charge < -0.3 is 19.4 Å². The van der Waals surface area contributed by atoms with Crippen molar-refractivity contribution in [1.82, 2.24) is 14.8 Å². The van der Waals surface area contributed by atoms with E-state index in [2.05, 4.69) is 15.5 Å². The molecule has 0 aliphatic carbocycles.